The fraction of sp³-hybridized carbons (Fsp3) is 0.333. The molecular weight excluding hydrogens is 392 g/mol. The smallest absolute Gasteiger partial charge is 0.348 e. The van der Waals surface area contributed by atoms with Gasteiger partial charge in [-0.2, -0.15) is 4.98 Å². The highest BCUT2D eigenvalue weighted by Gasteiger charge is 2.17. The van der Waals surface area contributed by atoms with Crippen LogP contribution in [-0.2, 0) is 6.54 Å². The second kappa shape index (κ2) is 9.12. The molecule has 7 nitrogen and oxygen atoms in total. The average molecular weight is 421 g/mol. The van der Waals surface area contributed by atoms with Crippen LogP contribution in [0.3, 0.4) is 0 Å². The summed E-state index contributed by atoms with van der Waals surface area (Å²) in [4.78, 5) is 42.0. The van der Waals surface area contributed by atoms with E-state index in [1.807, 2.05) is 37.3 Å². The summed E-state index contributed by atoms with van der Waals surface area (Å²) < 4.78 is 2.99. The molecular formula is C24H28N4O3. The van der Waals surface area contributed by atoms with Gasteiger partial charge in [0.1, 0.15) is 5.56 Å². The lowest BCUT2D eigenvalue weighted by Gasteiger charge is -2.14. The van der Waals surface area contributed by atoms with Gasteiger partial charge >= 0.3 is 5.69 Å². The molecule has 1 amide bonds. The maximum Gasteiger partial charge on any atom is 0.348 e. The van der Waals surface area contributed by atoms with E-state index in [4.69, 9.17) is 0 Å². The van der Waals surface area contributed by atoms with Crippen LogP contribution in [0.1, 0.15) is 52.6 Å². The summed E-state index contributed by atoms with van der Waals surface area (Å²) >= 11 is 0. The molecule has 0 saturated carbocycles. The lowest BCUT2D eigenvalue weighted by Crippen LogP contribution is -2.37. The lowest BCUT2D eigenvalue weighted by molar-refractivity contribution is 0.0949. The summed E-state index contributed by atoms with van der Waals surface area (Å²) in [7, 11) is 0. The zero-order valence-electron chi connectivity index (χ0n) is 18.6. The minimum atomic E-state index is -0.456. The van der Waals surface area contributed by atoms with Crippen molar-refractivity contribution >= 4 is 5.91 Å². The van der Waals surface area contributed by atoms with Crippen LogP contribution in [0.4, 0.5) is 0 Å². The van der Waals surface area contributed by atoms with Crippen molar-refractivity contribution < 1.29 is 4.79 Å². The summed E-state index contributed by atoms with van der Waals surface area (Å²) in [6.45, 7) is 9.99. The molecule has 0 aliphatic carbocycles. The number of pyridine rings is 1. The topological polar surface area (TPSA) is 86.0 Å². The van der Waals surface area contributed by atoms with E-state index in [-0.39, 0.29) is 29.9 Å². The van der Waals surface area contributed by atoms with Crippen LogP contribution in [-0.4, -0.2) is 26.6 Å². The molecule has 0 atom stereocenters. The van der Waals surface area contributed by atoms with Crippen LogP contribution in [0.25, 0.3) is 5.69 Å². The Balaban J connectivity index is 1.84. The zero-order chi connectivity index (χ0) is 22.7. The Bertz CT molecular complexity index is 1240. The van der Waals surface area contributed by atoms with Crippen molar-refractivity contribution in [2.45, 2.75) is 47.1 Å². The molecule has 162 valence electrons. The van der Waals surface area contributed by atoms with E-state index in [0.717, 1.165) is 16.9 Å². The quantitative estimate of drug-likeness (QED) is 0.664. The molecule has 0 bridgehead atoms. The first kappa shape index (κ1) is 22.2. The third-order valence-electron chi connectivity index (χ3n) is 5.31. The van der Waals surface area contributed by atoms with E-state index < -0.39 is 5.91 Å². The highest BCUT2D eigenvalue weighted by atomic mass is 16.2. The van der Waals surface area contributed by atoms with Gasteiger partial charge in [0.25, 0.3) is 11.5 Å². The molecule has 7 heteroatoms. The van der Waals surface area contributed by atoms with Gasteiger partial charge in [0.2, 0.25) is 0 Å². The number of aryl methyl sites for hydroxylation is 3. The molecule has 0 fully saturated rings. The van der Waals surface area contributed by atoms with Crippen molar-refractivity contribution in [2.24, 2.45) is 0 Å². The lowest BCUT2D eigenvalue weighted by atomic mass is 10.0. The second-order valence-electron chi connectivity index (χ2n) is 8.03. The number of nitrogens with zero attached hydrogens (tertiary/aromatic N) is 3. The molecule has 2 aromatic heterocycles. The van der Waals surface area contributed by atoms with Crippen molar-refractivity contribution in [3.63, 3.8) is 0 Å². The number of nitrogens with one attached hydrogen (secondary N) is 1. The van der Waals surface area contributed by atoms with E-state index in [2.05, 4.69) is 24.1 Å². The number of benzene rings is 1. The molecule has 3 rings (SSSR count). The van der Waals surface area contributed by atoms with E-state index in [9.17, 15) is 14.4 Å². The maximum atomic E-state index is 13.1. The third-order valence-corrected chi connectivity index (χ3v) is 5.31. The van der Waals surface area contributed by atoms with Crippen LogP contribution in [0, 0.1) is 20.8 Å². The van der Waals surface area contributed by atoms with Crippen LogP contribution in [0.15, 0.2) is 52.2 Å². The van der Waals surface area contributed by atoms with E-state index in [0.29, 0.717) is 17.2 Å². The van der Waals surface area contributed by atoms with Gasteiger partial charge in [0.05, 0.1) is 0 Å². The zero-order valence-corrected chi connectivity index (χ0v) is 18.6. The Morgan fingerprint density at radius 3 is 2.52 bits per heavy atom. The van der Waals surface area contributed by atoms with E-state index in [1.54, 1.807) is 26.1 Å². The molecule has 0 unspecified atom stereocenters. The first-order valence-electron chi connectivity index (χ1n) is 10.3. The highest BCUT2D eigenvalue weighted by Crippen LogP contribution is 2.17. The van der Waals surface area contributed by atoms with E-state index >= 15 is 0 Å². The molecule has 0 saturated heterocycles. The van der Waals surface area contributed by atoms with Gasteiger partial charge in [-0.05, 0) is 62.1 Å². The van der Waals surface area contributed by atoms with Crippen molar-refractivity contribution in [1.82, 2.24) is 19.4 Å². The SMILES string of the molecule is Cc1cc(C)n(CCNC(=O)c2c(C)ccn(-c3cccc(C(C)C)c3)c2=O)c(=O)n1. The fourth-order valence-electron chi connectivity index (χ4n) is 3.56. The number of hydrogen-bond donors (Lipinski definition) is 1. The van der Waals surface area contributed by atoms with Crippen molar-refractivity contribution in [3.05, 3.63) is 91.5 Å². The molecule has 2 heterocycles. The Morgan fingerprint density at radius 1 is 1.10 bits per heavy atom. The summed E-state index contributed by atoms with van der Waals surface area (Å²) in [5, 5.41) is 2.77. The monoisotopic (exact) mass is 420 g/mol. The van der Waals surface area contributed by atoms with E-state index in [1.165, 1.54) is 9.13 Å². The first-order valence-corrected chi connectivity index (χ1v) is 10.3. The number of aromatic nitrogens is 3. The standard InChI is InChI=1S/C24H28N4O3/c1-15(2)19-7-6-8-20(14-19)28-11-9-16(3)21(23(28)30)22(29)25-10-12-27-18(5)13-17(4)26-24(27)31/h6-9,11,13-15H,10,12H2,1-5H3,(H,25,29). The average Bonchev–Trinajstić information content (AvgIpc) is 2.70. The number of amides is 1. The van der Waals surface area contributed by atoms with Crippen molar-refractivity contribution in [1.29, 1.82) is 0 Å². The van der Waals surface area contributed by atoms with Crippen LogP contribution < -0.4 is 16.6 Å². The Morgan fingerprint density at radius 2 is 1.84 bits per heavy atom. The van der Waals surface area contributed by atoms with Gasteiger partial charge < -0.3 is 5.32 Å². The maximum absolute atomic E-state index is 13.1. The Labute approximate surface area is 181 Å². The van der Waals surface area contributed by atoms with Gasteiger partial charge in [-0.3, -0.25) is 18.7 Å². The number of rotatable bonds is 6. The predicted octanol–water partition coefficient (Wildman–Crippen LogP) is 2.87. The van der Waals surface area contributed by atoms with Gasteiger partial charge in [-0.1, -0.05) is 26.0 Å². The van der Waals surface area contributed by atoms with Gasteiger partial charge in [-0.15, -0.1) is 0 Å². The van der Waals surface area contributed by atoms with Gasteiger partial charge in [0.15, 0.2) is 0 Å². The highest BCUT2D eigenvalue weighted by molar-refractivity contribution is 5.95. The van der Waals surface area contributed by atoms with Crippen LogP contribution in [0.5, 0.6) is 0 Å². The third kappa shape index (κ3) is 4.82. The second-order valence-corrected chi connectivity index (χ2v) is 8.03. The summed E-state index contributed by atoms with van der Waals surface area (Å²) in [6, 6.07) is 11.3. The number of carbonyl (C=O) groups excluding carboxylic acids is 1. The van der Waals surface area contributed by atoms with Gasteiger partial charge in [-0.25, -0.2) is 4.79 Å². The van der Waals surface area contributed by atoms with Gasteiger partial charge in [0, 0.05) is 36.4 Å². The summed E-state index contributed by atoms with van der Waals surface area (Å²) in [6.07, 6.45) is 1.69. The molecule has 0 radical (unpaired) electrons. The van der Waals surface area contributed by atoms with Crippen LogP contribution >= 0.6 is 0 Å². The summed E-state index contributed by atoms with van der Waals surface area (Å²) in [5.41, 5.74) is 3.24. The Hall–Kier alpha value is -3.48. The molecule has 1 aromatic carbocycles. The number of carbonyl (C=O) groups is 1. The number of hydrogen-bond acceptors (Lipinski definition) is 4. The molecule has 1 N–H and O–H groups in total. The Kier molecular flexibility index (Phi) is 6.53. The summed E-state index contributed by atoms with van der Waals surface area (Å²) in [5.74, 6) is -0.130. The molecule has 3 aromatic rings. The molecule has 0 aliphatic heterocycles. The van der Waals surface area contributed by atoms with Crippen LogP contribution in [0.2, 0.25) is 0 Å². The predicted molar refractivity (Wildman–Crippen MR) is 121 cm³/mol. The first-order chi connectivity index (χ1) is 14.7. The fourth-order valence-corrected chi connectivity index (χ4v) is 3.56. The molecule has 0 aliphatic rings. The minimum absolute atomic E-state index is 0.101. The largest absolute Gasteiger partial charge is 0.350 e. The normalized spacial score (nSPS) is 11.0. The van der Waals surface area contributed by atoms with Crippen molar-refractivity contribution in [2.75, 3.05) is 6.54 Å². The molecule has 31 heavy (non-hydrogen) atoms. The van der Waals surface area contributed by atoms with Crippen molar-refractivity contribution in [3.8, 4) is 5.69 Å². The molecule has 0 spiro atoms. The minimum Gasteiger partial charge on any atom is -0.350 e.